The number of hydrogen-bond donors (Lipinski definition) is 0. The third-order valence-electron chi connectivity index (χ3n) is 10.6. The molecule has 5 heterocycles. The number of nitrogens with zero attached hydrogens (tertiary/aromatic N) is 4. The maximum absolute atomic E-state index is 5.18. The summed E-state index contributed by atoms with van der Waals surface area (Å²) in [4.78, 5) is 19.7. The summed E-state index contributed by atoms with van der Waals surface area (Å²) in [7, 11) is 0. The first-order valence-corrected chi connectivity index (χ1v) is 19.0. The van der Waals surface area contributed by atoms with Crippen LogP contribution in [-0.4, -0.2) is 19.9 Å². The van der Waals surface area contributed by atoms with Crippen LogP contribution in [0.25, 0.3) is 104 Å². The van der Waals surface area contributed by atoms with E-state index >= 15 is 0 Å². The van der Waals surface area contributed by atoms with E-state index in [-0.39, 0.29) is 0 Å². The van der Waals surface area contributed by atoms with E-state index in [0.717, 1.165) is 73.3 Å². The molecule has 0 N–H and O–H groups in total. The number of pyridine rings is 4. The number of rotatable bonds is 4. The van der Waals surface area contributed by atoms with E-state index in [1.54, 1.807) is 0 Å². The van der Waals surface area contributed by atoms with Gasteiger partial charge in [-0.25, -0.2) is 9.97 Å². The number of benzene rings is 5. The Morgan fingerprint density at radius 3 is 1.81 bits per heavy atom. The van der Waals surface area contributed by atoms with Gasteiger partial charge in [-0.2, -0.15) is 0 Å². The number of hydrogen-bond acceptors (Lipinski definition) is 5. The Balaban J connectivity index is 0.954. The van der Waals surface area contributed by atoms with E-state index in [9.17, 15) is 0 Å². The van der Waals surface area contributed by atoms with Gasteiger partial charge >= 0.3 is 0 Å². The molecule has 0 spiro atoms. The molecule has 5 aromatic carbocycles. The largest absolute Gasteiger partial charge is 0.254 e. The molecule has 54 heavy (non-hydrogen) atoms. The summed E-state index contributed by atoms with van der Waals surface area (Å²) in [6.07, 6.45) is 8.88. The van der Waals surface area contributed by atoms with Gasteiger partial charge in [0.1, 0.15) is 0 Å². The molecule has 0 aliphatic heterocycles. The van der Waals surface area contributed by atoms with Crippen LogP contribution in [0.4, 0.5) is 0 Å². The second kappa shape index (κ2) is 12.4. The molecular formula is C49H30N4S. The van der Waals surface area contributed by atoms with Crippen LogP contribution >= 0.6 is 11.3 Å². The molecule has 0 fully saturated rings. The van der Waals surface area contributed by atoms with Gasteiger partial charge in [0.2, 0.25) is 0 Å². The van der Waals surface area contributed by atoms with Gasteiger partial charge in [-0.1, -0.05) is 97.1 Å². The third kappa shape index (κ3) is 5.20. The first kappa shape index (κ1) is 30.8. The van der Waals surface area contributed by atoms with Crippen LogP contribution in [0.15, 0.2) is 164 Å². The van der Waals surface area contributed by atoms with Crippen LogP contribution in [0.2, 0.25) is 0 Å². The van der Waals surface area contributed by atoms with Crippen LogP contribution in [0, 0.1) is 0 Å². The minimum Gasteiger partial charge on any atom is -0.254 e. The minimum atomic E-state index is 0.845. The van der Waals surface area contributed by atoms with Crippen molar-refractivity contribution in [3.05, 3.63) is 175 Å². The maximum atomic E-state index is 5.18. The quantitative estimate of drug-likeness (QED) is 0.171. The lowest BCUT2D eigenvalue weighted by atomic mass is 9.97. The maximum Gasteiger partial charge on any atom is 0.0972 e. The number of fused-ring (bicyclic) bond motifs is 9. The smallest absolute Gasteiger partial charge is 0.0972 e. The van der Waals surface area contributed by atoms with Crippen molar-refractivity contribution in [1.29, 1.82) is 0 Å². The Hall–Kier alpha value is -6.82. The van der Waals surface area contributed by atoms with Crippen LogP contribution in [0.1, 0.15) is 11.1 Å². The van der Waals surface area contributed by atoms with Crippen molar-refractivity contribution in [1.82, 2.24) is 19.9 Å². The Labute approximate surface area is 315 Å². The van der Waals surface area contributed by atoms with E-state index < -0.39 is 0 Å². The SMILES string of the molecule is C1=Cc2cccnc2-c2nc(-c3cccc(-c4ccc5sc6ccc(-c7cccc(-c8ccc9ccc%10cccnc%10c9n8)c7)cc6c5c4)c3)ccc2C1. The zero-order valence-corrected chi connectivity index (χ0v) is 29.9. The van der Waals surface area contributed by atoms with Crippen molar-refractivity contribution >= 4 is 59.4 Å². The molecule has 4 nitrogen and oxygen atoms in total. The first-order valence-electron chi connectivity index (χ1n) is 18.2. The minimum absolute atomic E-state index is 0.845. The summed E-state index contributed by atoms with van der Waals surface area (Å²) in [6.45, 7) is 0. The molecule has 5 aromatic heterocycles. The van der Waals surface area contributed by atoms with Gasteiger partial charge in [-0.3, -0.25) is 9.97 Å². The highest BCUT2D eigenvalue weighted by molar-refractivity contribution is 7.25. The molecule has 0 atom stereocenters. The zero-order chi connectivity index (χ0) is 35.6. The Morgan fingerprint density at radius 2 is 1.06 bits per heavy atom. The average molecular weight is 707 g/mol. The zero-order valence-electron chi connectivity index (χ0n) is 29.1. The van der Waals surface area contributed by atoms with Crippen molar-refractivity contribution in [2.24, 2.45) is 0 Å². The molecule has 0 saturated heterocycles. The van der Waals surface area contributed by atoms with E-state index in [0.29, 0.717) is 0 Å². The summed E-state index contributed by atoms with van der Waals surface area (Å²) in [5.41, 5.74) is 14.8. The normalized spacial score (nSPS) is 12.3. The molecule has 5 heteroatoms. The molecule has 0 bridgehead atoms. The van der Waals surface area contributed by atoms with E-state index in [4.69, 9.17) is 15.0 Å². The van der Waals surface area contributed by atoms with Crippen molar-refractivity contribution in [3.8, 4) is 56.2 Å². The van der Waals surface area contributed by atoms with Crippen LogP contribution < -0.4 is 0 Å². The van der Waals surface area contributed by atoms with Gasteiger partial charge in [0, 0.05) is 60.0 Å². The van der Waals surface area contributed by atoms with Crippen LogP contribution in [0.5, 0.6) is 0 Å². The number of aromatic nitrogens is 4. The lowest BCUT2D eigenvalue weighted by Crippen LogP contribution is -1.96. The van der Waals surface area contributed by atoms with E-state index in [1.165, 1.54) is 42.4 Å². The standard InChI is InChI=1S/C49H30N4S/c1-6-30-12-4-24-50-46(30)48-32(7-1)16-20-42(52-48)38-10-2-8-34(26-38)36-18-22-44-40(28-36)41-29-37(19-23-45(41)54-44)35-9-3-11-39(27-35)43-21-17-33-15-14-31-13-5-25-51-47(31)49(33)53-43/h1-6,8-29H,7H2. The fraction of sp³-hybridized carbons (Fsp3) is 0.0204. The van der Waals surface area contributed by atoms with Crippen molar-refractivity contribution in [2.75, 3.05) is 0 Å². The van der Waals surface area contributed by atoms with Gasteiger partial charge in [0.15, 0.2) is 0 Å². The second-order valence-electron chi connectivity index (χ2n) is 13.8. The predicted molar refractivity (Wildman–Crippen MR) is 225 cm³/mol. The molecular weight excluding hydrogens is 677 g/mol. The number of allylic oxidation sites excluding steroid dienone is 1. The summed E-state index contributed by atoms with van der Waals surface area (Å²) < 4.78 is 2.56. The van der Waals surface area contributed by atoms with Gasteiger partial charge in [0.05, 0.1) is 33.8 Å². The highest BCUT2D eigenvalue weighted by Gasteiger charge is 2.16. The fourth-order valence-electron chi connectivity index (χ4n) is 7.82. The Kier molecular flexibility index (Phi) is 7.07. The van der Waals surface area contributed by atoms with E-state index in [1.807, 2.05) is 35.9 Å². The van der Waals surface area contributed by atoms with E-state index in [2.05, 4.69) is 151 Å². The average Bonchev–Trinajstić information content (AvgIpc) is 3.50. The summed E-state index contributed by atoms with van der Waals surface area (Å²) >= 11 is 1.84. The highest BCUT2D eigenvalue weighted by Crippen LogP contribution is 2.40. The monoisotopic (exact) mass is 706 g/mol. The van der Waals surface area contributed by atoms with Crippen molar-refractivity contribution in [2.45, 2.75) is 6.42 Å². The predicted octanol–water partition coefficient (Wildman–Crippen LogP) is 12.8. The molecule has 1 aliphatic carbocycles. The molecule has 0 amide bonds. The Bertz CT molecular complexity index is 3160. The molecule has 11 rings (SSSR count). The molecule has 0 radical (unpaired) electrons. The van der Waals surface area contributed by atoms with Gasteiger partial charge in [-0.05, 0) is 94.9 Å². The summed E-state index contributed by atoms with van der Waals surface area (Å²) in [6, 6.07) is 52.1. The lowest BCUT2D eigenvalue weighted by molar-refractivity contribution is 1.18. The van der Waals surface area contributed by atoms with Gasteiger partial charge < -0.3 is 0 Å². The Morgan fingerprint density at radius 1 is 0.444 bits per heavy atom. The number of thiophene rings is 1. The molecule has 0 saturated carbocycles. The molecule has 0 unspecified atom stereocenters. The van der Waals surface area contributed by atoms with Crippen LogP contribution in [-0.2, 0) is 6.42 Å². The first-order chi connectivity index (χ1) is 26.7. The molecule has 1 aliphatic rings. The highest BCUT2D eigenvalue weighted by atomic mass is 32.1. The van der Waals surface area contributed by atoms with Gasteiger partial charge in [0.25, 0.3) is 0 Å². The van der Waals surface area contributed by atoms with Crippen molar-refractivity contribution in [3.63, 3.8) is 0 Å². The summed E-state index contributed by atoms with van der Waals surface area (Å²) in [5, 5.41) is 4.72. The lowest BCUT2D eigenvalue weighted by Gasteiger charge is -2.11. The topological polar surface area (TPSA) is 51.6 Å². The molecule has 10 aromatic rings. The second-order valence-corrected chi connectivity index (χ2v) is 14.9. The van der Waals surface area contributed by atoms with Crippen LogP contribution in [0.3, 0.4) is 0 Å². The third-order valence-corrected chi connectivity index (χ3v) is 11.7. The van der Waals surface area contributed by atoms with Crippen molar-refractivity contribution < 1.29 is 0 Å². The summed E-state index contributed by atoms with van der Waals surface area (Å²) in [5.74, 6) is 0. The van der Waals surface area contributed by atoms with Gasteiger partial charge in [-0.15, -0.1) is 11.3 Å². The fourth-order valence-corrected chi connectivity index (χ4v) is 8.89. The molecule has 252 valence electrons.